The molecule has 21 heavy (non-hydrogen) atoms. The van der Waals surface area contributed by atoms with Crippen LogP contribution in [0.2, 0.25) is 0 Å². The van der Waals surface area contributed by atoms with E-state index in [1.165, 1.54) is 18.6 Å². The topological polar surface area (TPSA) is 63.2 Å². The Hall–Kier alpha value is -1.07. The molecule has 1 aromatic rings. The molecule has 0 spiro atoms. The van der Waals surface area contributed by atoms with Crippen LogP contribution in [0.15, 0.2) is 17.0 Å². The molecule has 1 aromatic carbocycles. The Bertz CT molecular complexity index is 666. The number of rotatable bonds is 4. The van der Waals surface area contributed by atoms with E-state index in [1.807, 2.05) is 13.8 Å². The van der Waals surface area contributed by atoms with Gasteiger partial charge in [-0.2, -0.15) is 0 Å². The van der Waals surface area contributed by atoms with E-state index in [1.54, 1.807) is 6.92 Å². The summed E-state index contributed by atoms with van der Waals surface area (Å²) in [7, 11) is 1.54. The van der Waals surface area contributed by atoms with Crippen molar-refractivity contribution in [3.63, 3.8) is 0 Å². The number of carbonyl (C=O) groups is 1. The molecule has 6 heteroatoms. The lowest BCUT2D eigenvalue weighted by atomic mass is 9.80. The van der Waals surface area contributed by atoms with Gasteiger partial charge in [0.25, 0.3) is 15.0 Å². The predicted octanol–water partition coefficient (Wildman–Crippen LogP) is 3.15. The number of amides is 1. The number of benzene rings is 1. The fraction of sp³-hybridized carbons (Fsp3) is 0.533. The molecule has 1 N–H and O–H groups in total. The van der Waals surface area contributed by atoms with Gasteiger partial charge in [-0.25, -0.2) is 8.42 Å². The Morgan fingerprint density at radius 1 is 1.33 bits per heavy atom. The van der Waals surface area contributed by atoms with Gasteiger partial charge in [-0.15, -0.1) is 0 Å². The Kier molecular flexibility index (Phi) is 4.63. The largest absolute Gasteiger partial charge is 0.349 e. The van der Waals surface area contributed by atoms with Crippen molar-refractivity contribution in [2.75, 3.05) is 0 Å². The second kappa shape index (κ2) is 5.97. The Balaban J connectivity index is 2.29. The van der Waals surface area contributed by atoms with Crippen molar-refractivity contribution in [1.82, 2.24) is 5.32 Å². The Morgan fingerprint density at radius 2 is 1.95 bits per heavy atom. The molecular weight excluding hydrogens is 310 g/mol. The van der Waals surface area contributed by atoms with Crippen LogP contribution in [0, 0.1) is 19.8 Å². The number of nitrogens with one attached hydrogen (secondary N) is 1. The zero-order valence-corrected chi connectivity index (χ0v) is 14.0. The summed E-state index contributed by atoms with van der Waals surface area (Å²) in [6.45, 7) is 5.57. The van der Waals surface area contributed by atoms with E-state index in [-0.39, 0.29) is 16.8 Å². The van der Waals surface area contributed by atoms with Crippen molar-refractivity contribution in [3.8, 4) is 0 Å². The summed E-state index contributed by atoms with van der Waals surface area (Å²) in [5, 5.41) is 2.97. The summed E-state index contributed by atoms with van der Waals surface area (Å²) in [5.41, 5.74) is 1.89. The van der Waals surface area contributed by atoms with Crippen LogP contribution in [0.5, 0.6) is 0 Å². The quantitative estimate of drug-likeness (QED) is 0.863. The van der Waals surface area contributed by atoms with E-state index in [4.69, 9.17) is 10.7 Å². The van der Waals surface area contributed by atoms with Gasteiger partial charge < -0.3 is 5.32 Å². The standard InChI is InChI=1S/C15H20ClNO3S/c1-9-7-13(21(16,19)20)8-14(10(9)2)15(18)17-11(3)12-5-4-6-12/h7-8,11-12H,4-6H2,1-3H3,(H,17,18). The molecule has 1 amide bonds. The first-order valence-corrected chi connectivity index (χ1v) is 9.38. The van der Waals surface area contributed by atoms with Crippen LogP contribution in [-0.2, 0) is 9.05 Å². The van der Waals surface area contributed by atoms with Crippen molar-refractivity contribution < 1.29 is 13.2 Å². The third-order valence-electron chi connectivity index (χ3n) is 4.38. The van der Waals surface area contributed by atoms with Gasteiger partial charge in [0, 0.05) is 22.3 Å². The molecular formula is C15H20ClNO3S. The van der Waals surface area contributed by atoms with E-state index >= 15 is 0 Å². The van der Waals surface area contributed by atoms with Crippen LogP contribution in [0.4, 0.5) is 0 Å². The van der Waals surface area contributed by atoms with Gasteiger partial charge >= 0.3 is 0 Å². The van der Waals surface area contributed by atoms with Gasteiger partial charge in [0.15, 0.2) is 0 Å². The summed E-state index contributed by atoms with van der Waals surface area (Å²) < 4.78 is 23.0. The molecule has 1 saturated carbocycles. The molecule has 1 aliphatic rings. The highest BCUT2D eigenvalue weighted by atomic mass is 35.7. The molecule has 4 nitrogen and oxygen atoms in total. The molecule has 0 heterocycles. The Labute approximate surface area is 130 Å². The van der Waals surface area contributed by atoms with Gasteiger partial charge in [0.2, 0.25) is 0 Å². The predicted molar refractivity (Wildman–Crippen MR) is 83.2 cm³/mol. The highest BCUT2D eigenvalue weighted by Gasteiger charge is 2.26. The third-order valence-corrected chi connectivity index (χ3v) is 5.72. The second-order valence-electron chi connectivity index (χ2n) is 5.80. The lowest BCUT2D eigenvalue weighted by molar-refractivity contribution is 0.0908. The number of aryl methyl sites for hydroxylation is 1. The molecule has 0 saturated heterocycles. The van der Waals surface area contributed by atoms with Crippen LogP contribution in [0.25, 0.3) is 0 Å². The number of carbonyl (C=O) groups excluding carboxylic acids is 1. The highest BCUT2D eigenvalue weighted by molar-refractivity contribution is 8.13. The second-order valence-corrected chi connectivity index (χ2v) is 8.37. The third kappa shape index (κ3) is 3.58. The van der Waals surface area contributed by atoms with Gasteiger partial charge in [0.1, 0.15) is 0 Å². The van der Waals surface area contributed by atoms with Crippen LogP contribution in [-0.4, -0.2) is 20.4 Å². The zero-order valence-electron chi connectivity index (χ0n) is 12.4. The molecule has 1 fully saturated rings. The average Bonchev–Trinajstić information content (AvgIpc) is 2.28. The van der Waals surface area contributed by atoms with Crippen molar-refractivity contribution >= 4 is 25.6 Å². The number of halogens is 1. The molecule has 1 aliphatic carbocycles. The normalized spacial score (nSPS) is 17.1. The van der Waals surface area contributed by atoms with Crippen molar-refractivity contribution in [2.45, 2.75) is 51.0 Å². The first kappa shape index (κ1) is 16.3. The van der Waals surface area contributed by atoms with E-state index in [2.05, 4.69) is 5.32 Å². The minimum atomic E-state index is -3.84. The number of hydrogen-bond acceptors (Lipinski definition) is 3. The molecule has 1 unspecified atom stereocenters. The summed E-state index contributed by atoms with van der Waals surface area (Å²) in [5.74, 6) is 0.285. The van der Waals surface area contributed by atoms with Gasteiger partial charge in [0.05, 0.1) is 4.90 Å². The average molecular weight is 330 g/mol. The van der Waals surface area contributed by atoms with Crippen LogP contribution >= 0.6 is 10.7 Å². The van der Waals surface area contributed by atoms with Gasteiger partial charge in [-0.3, -0.25) is 4.79 Å². The molecule has 0 bridgehead atoms. The highest BCUT2D eigenvalue weighted by Crippen LogP contribution is 2.30. The number of hydrogen-bond donors (Lipinski definition) is 1. The lowest BCUT2D eigenvalue weighted by Crippen LogP contribution is -2.41. The zero-order chi connectivity index (χ0) is 15.8. The fourth-order valence-electron chi connectivity index (χ4n) is 2.55. The first-order chi connectivity index (χ1) is 9.70. The summed E-state index contributed by atoms with van der Waals surface area (Å²) >= 11 is 0. The van der Waals surface area contributed by atoms with Crippen molar-refractivity contribution in [3.05, 3.63) is 28.8 Å². The molecule has 0 radical (unpaired) electrons. The summed E-state index contributed by atoms with van der Waals surface area (Å²) in [4.78, 5) is 12.4. The molecule has 0 aromatic heterocycles. The maximum atomic E-state index is 12.4. The van der Waals surface area contributed by atoms with E-state index in [0.29, 0.717) is 11.5 Å². The Morgan fingerprint density at radius 3 is 2.43 bits per heavy atom. The molecule has 2 rings (SSSR count). The SMILES string of the molecule is Cc1cc(S(=O)(=O)Cl)cc(C(=O)NC(C)C2CCC2)c1C. The van der Waals surface area contributed by atoms with Gasteiger partial charge in [-0.1, -0.05) is 6.42 Å². The van der Waals surface area contributed by atoms with Gasteiger partial charge in [-0.05, 0) is 62.8 Å². The monoisotopic (exact) mass is 329 g/mol. The minimum absolute atomic E-state index is 0.0336. The van der Waals surface area contributed by atoms with Crippen LogP contribution < -0.4 is 5.32 Å². The van der Waals surface area contributed by atoms with E-state index in [9.17, 15) is 13.2 Å². The van der Waals surface area contributed by atoms with E-state index < -0.39 is 9.05 Å². The van der Waals surface area contributed by atoms with Crippen molar-refractivity contribution in [2.24, 2.45) is 5.92 Å². The van der Waals surface area contributed by atoms with Crippen LogP contribution in [0.3, 0.4) is 0 Å². The fourth-order valence-corrected chi connectivity index (χ4v) is 3.39. The maximum absolute atomic E-state index is 12.4. The lowest BCUT2D eigenvalue weighted by Gasteiger charge is -2.32. The molecule has 116 valence electrons. The molecule has 0 aliphatic heterocycles. The van der Waals surface area contributed by atoms with Crippen LogP contribution in [0.1, 0.15) is 47.7 Å². The first-order valence-electron chi connectivity index (χ1n) is 7.07. The van der Waals surface area contributed by atoms with E-state index in [0.717, 1.165) is 24.0 Å². The summed E-state index contributed by atoms with van der Waals surface area (Å²) in [6, 6.07) is 2.94. The minimum Gasteiger partial charge on any atom is -0.349 e. The summed E-state index contributed by atoms with van der Waals surface area (Å²) in [6.07, 6.45) is 3.48. The van der Waals surface area contributed by atoms with Crippen molar-refractivity contribution in [1.29, 1.82) is 0 Å². The smallest absolute Gasteiger partial charge is 0.261 e. The molecule has 1 atom stereocenters. The maximum Gasteiger partial charge on any atom is 0.261 e.